The van der Waals surface area contributed by atoms with Crippen molar-refractivity contribution in [3.63, 3.8) is 0 Å². The first-order chi connectivity index (χ1) is 7.90. The van der Waals surface area contributed by atoms with E-state index in [1.54, 1.807) is 0 Å². The smallest absolute Gasteiger partial charge is 0.119 e. The predicted octanol–water partition coefficient (Wildman–Crippen LogP) is 2.72. The second-order valence-electron chi connectivity index (χ2n) is 4.42. The number of aryl methyl sites for hydroxylation is 2. The van der Waals surface area contributed by atoms with Crippen LogP contribution in [0.15, 0.2) is 18.2 Å². The molecule has 0 unspecified atom stereocenters. The van der Waals surface area contributed by atoms with Crippen LogP contribution in [-0.2, 0) is 12.8 Å². The zero-order valence-corrected chi connectivity index (χ0v) is 9.74. The van der Waals surface area contributed by atoms with E-state index >= 15 is 0 Å². The van der Waals surface area contributed by atoms with Crippen LogP contribution < -0.4 is 4.74 Å². The molecule has 0 amide bonds. The Kier molecular flexibility index (Phi) is 4.23. The largest absolute Gasteiger partial charge is 0.494 e. The van der Waals surface area contributed by atoms with Gasteiger partial charge in [0.25, 0.3) is 0 Å². The summed E-state index contributed by atoms with van der Waals surface area (Å²) in [4.78, 5) is 0. The first-order valence-corrected chi connectivity index (χ1v) is 6.25. The molecular formula is C14H20O2. The summed E-state index contributed by atoms with van der Waals surface area (Å²) < 4.78 is 5.66. The number of hydrogen-bond acceptors (Lipinski definition) is 2. The summed E-state index contributed by atoms with van der Waals surface area (Å²) in [5.41, 5.74) is 2.96. The van der Waals surface area contributed by atoms with Gasteiger partial charge in [0.2, 0.25) is 0 Å². The number of ether oxygens (including phenoxy) is 1. The number of hydrogen-bond donors (Lipinski definition) is 1. The Morgan fingerprint density at radius 2 is 1.88 bits per heavy atom. The second kappa shape index (κ2) is 5.90. The summed E-state index contributed by atoms with van der Waals surface area (Å²) in [5.74, 6) is 0.985. The second-order valence-corrected chi connectivity index (χ2v) is 4.42. The average Bonchev–Trinajstić information content (AvgIpc) is 2.34. The van der Waals surface area contributed by atoms with Crippen LogP contribution in [0.4, 0.5) is 0 Å². The molecule has 0 aliphatic heterocycles. The highest BCUT2D eigenvalue weighted by Gasteiger charge is 2.09. The molecule has 88 valence electrons. The normalized spacial score (nSPS) is 14.6. The van der Waals surface area contributed by atoms with Gasteiger partial charge in [0.05, 0.1) is 6.61 Å². The molecule has 0 saturated carbocycles. The molecule has 1 aliphatic carbocycles. The fourth-order valence-corrected chi connectivity index (χ4v) is 2.20. The van der Waals surface area contributed by atoms with E-state index in [2.05, 4.69) is 18.2 Å². The van der Waals surface area contributed by atoms with Crippen LogP contribution >= 0.6 is 0 Å². The van der Waals surface area contributed by atoms with Gasteiger partial charge in [0, 0.05) is 6.61 Å². The number of aliphatic hydroxyl groups is 1. The molecule has 0 atom stereocenters. The summed E-state index contributed by atoms with van der Waals surface area (Å²) in [6.07, 6.45) is 6.80. The molecule has 2 nitrogen and oxygen atoms in total. The Morgan fingerprint density at radius 3 is 2.69 bits per heavy atom. The van der Waals surface area contributed by atoms with Gasteiger partial charge in [0.15, 0.2) is 0 Å². The molecule has 1 aromatic carbocycles. The third-order valence-electron chi connectivity index (χ3n) is 3.14. The molecule has 0 heterocycles. The summed E-state index contributed by atoms with van der Waals surface area (Å²) >= 11 is 0. The molecule has 16 heavy (non-hydrogen) atoms. The van der Waals surface area contributed by atoms with E-state index in [0.29, 0.717) is 6.61 Å². The van der Waals surface area contributed by atoms with Crippen LogP contribution in [0.25, 0.3) is 0 Å². The lowest BCUT2D eigenvalue weighted by Crippen LogP contribution is -2.04. The number of unbranched alkanes of at least 4 members (excludes halogenated alkanes) is 1. The minimum absolute atomic E-state index is 0.257. The van der Waals surface area contributed by atoms with Crippen molar-refractivity contribution in [2.24, 2.45) is 0 Å². The lowest BCUT2D eigenvalue weighted by Gasteiger charge is -2.16. The fraction of sp³-hybridized carbons (Fsp3) is 0.571. The molecule has 1 aromatic rings. The van der Waals surface area contributed by atoms with Crippen LogP contribution in [0, 0.1) is 0 Å². The van der Waals surface area contributed by atoms with E-state index in [0.717, 1.165) is 18.6 Å². The Morgan fingerprint density at radius 1 is 1.06 bits per heavy atom. The summed E-state index contributed by atoms with van der Waals surface area (Å²) in [7, 11) is 0. The lowest BCUT2D eigenvalue weighted by atomic mass is 9.92. The van der Waals surface area contributed by atoms with Crippen molar-refractivity contribution in [2.75, 3.05) is 13.2 Å². The van der Waals surface area contributed by atoms with E-state index in [4.69, 9.17) is 9.84 Å². The van der Waals surface area contributed by atoms with E-state index in [1.165, 1.54) is 36.8 Å². The van der Waals surface area contributed by atoms with Crippen LogP contribution in [-0.4, -0.2) is 18.3 Å². The van der Waals surface area contributed by atoms with Gasteiger partial charge >= 0.3 is 0 Å². The molecule has 1 N–H and O–H groups in total. The maximum absolute atomic E-state index is 8.67. The Labute approximate surface area is 97.3 Å². The Balaban J connectivity index is 1.90. The molecule has 2 rings (SSSR count). The van der Waals surface area contributed by atoms with Gasteiger partial charge in [-0.3, -0.25) is 0 Å². The molecule has 0 spiro atoms. The zero-order valence-electron chi connectivity index (χ0n) is 9.74. The number of rotatable bonds is 5. The quantitative estimate of drug-likeness (QED) is 0.773. The number of fused-ring (bicyclic) bond motifs is 1. The van der Waals surface area contributed by atoms with Crippen molar-refractivity contribution in [1.82, 2.24) is 0 Å². The highest BCUT2D eigenvalue weighted by Crippen LogP contribution is 2.25. The summed E-state index contributed by atoms with van der Waals surface area (Å²) in [6, 6.07) is 6.46. The fourth-order valence-electron chi connectivity index (χ4n) is 2.20. The highest BCUT2D eigenvalue weighted by atomic mass is 16.5. The first-order valence-electron chi connectivity index (χ1n) is 6.25. The predicted molar refractivity (Wildman–Crippen MR) is 64.9 cm³/mol. The molecule has 0 saturated heterocycles. The molecule has 0 bridgehead atoms. The van der Waals surface area contributed by atoms with E-state index in [-0.39, 0.29) is 6.61 Å². The van der Waals surface area contributed by atoms with Crippen molar-refractivity contribution >= 4 is 0 Å². The van der Waals surface area contributed by atoms with Crippen LogP contribution in [0.3, 0.4) is 0 Å². The van der Waals surface area contributed by atoms with Gasteiger partial charge in [-0.15, -0.1) is 0 Å². The van der Waals surface area contributed by atoms with E-state index in [9.17, 15) is 0 Å². The SMILES string of the molecule is OCCCCOc1ccc2c(c1)CCCC2. The standard InChI is InChI=1S/C14H20O2/c15-9-3-4-10-16-14-8-7-12-5-1-2-6-13(12)11-14/h7-8,11,15H,1-6,9-10H2. The molecule has 0 radical (unpaired) electrons. The minimum Gasteiger partial charge on any atom is -0.494 e. The topological polar surface area (TPSA) is 29.5 Å². The van der Waals surface area contributed by atoms with Gasteiger partial charge in [-0.1, -0.05) is 6.07 Å². The summed E-state index contributed by atoms with van der Waals surface area (Å²) in [6.45, 7) is 0.965. The molecule has 0 aromatic heterocycles. The third-order valence-corrected chi connectivity index (χ3v) is 3.14. The molecule has 2 heteroatoms. The first kappa shape index (κ1) is 11.5. The van der Waals surface area contributed by atoms with Crippen molar-refractivity contribution in [2.45, 2.75) is 38.5 Å². The van der Waals surface area contributed by atoms with E-state index in [1.807, 2.05) is 0 Å². The Hall–Kier alpha value is -1.02. The van der Waals surface area contributed by atoms with Crippen molar-refractivity contribution in [3.05, 3.63) is 29.3 Å². The van der Waals surface area contributed by atoms with Gasteiger partial charge in [0.1, 0.15) is 5.75 Å². The van der Waals surface area contributed by atoms with Crippen LogP contribution in [0.1, 0.15) is 36.8 Å². The minimum atomic E-state index is 0.257. The Bertz CT molecular complexity index is 334. The van der Waals surface area contributed by atoms with Crippen molar-refractivity contribution in [1.29, 1.82) is 0 Å². The van der Waals surface area contributed by atoms with Gasteiger partial charge in [-0.2, -0.15) is 0 Å². The van der Waals surface area contributed by atoms with Gasteiger partial charge < -0.3 is 9.84 Å². The summed E-state index contributed by atoms with van der Waals surface area (Å²) in [5, 5.41) is 8.67. The maximum Gasteiger partial charge on any atom is 0.119 e. The van der Waals surface area contributed by atoms with Crippen molar-refractivity contribution in [3.8, 4) is 5.75 Å². The zero-order chi connectivity index (χ0) is 11.2. The maximum atomic E-state index is 8.67. The van der Waals surface area contributed by atoms with E-state index < -0.39 is 0 Å². The molecule has 1 aliphatic rings. The highest BCUT2D eigenvalue weighted by molar-refractivity contribution is 5.37. The monoisotopic (exact) mass is 220 g/mol. The molecular weight excluding hydrogens is 200 g/mol. The number of benzene rings is 1. The average molecular weight is 220 g/mol. The van der Waals surface area contributed by atoms with Crippen molar-refractivity contribution < 1.29 is 9.84 Å². The lowest BCUT2D eigenvalue weighted by molar-refractivity contribution is 0.253. The van der Waals surface area contributed by atoms with Crippen LogP contribution in [0.5, 0.6) is 5.75 Å². The number of aliphatic hydroxyl groups excluding tert-OH is 1. The third kappa shape index (κ3) is 2.99. The molecule has 0 fully saturated rings. The van der Waals surface area contributed by atoms with Crippen LogP contribution in [0.2, 0.25) is 0 Å². The van der Waals surface area contributed by atoms with Gasteiger partial charge in [-0.05, 0) is 61.8 Å². The van der Waals surface area contributed by atoms with Gasteiger partial charge in [-0.25, -0.2) is 0 Å².